The largest absolute Gasteiger partial charge is 0.366 e. The summed E-state index contributed by atoms with van der Waals surface area (Å²) < 4.78 is 0. The molecule has 0 bridgehead atoms. The summed E-state index contributed by atoms with van der Waals surface area (Å²) >= 11 is 0. The molecule has 15 heavy (non-hydrogen) atoms. The number of hydrogen-bond acceptors (Lipinski definition) is 2. The van der Waals surface area contributed by atoms with Gasteiger partial charge in [-0.2, -0.15) is 5.10 Å². The van der Waals surface area contributed by atoms with Crippen LogP contribution in [-0.2, 0) is 0 Å². The highest BCUT2D eigenvalue weighted by Gasteiger charge is 2.07. The van der Waals surface area contributed by atoms with E-state index in [0.717, 1.165) is 16.8 Å². The maximum Gasteiger partial charge on any atom is 0.248 e. The number of hydrogen-bond donors (Lipinski definition) is 2. The Labute approximate surface area is 87.1 Å². The van der Waals surface area contributed by atoms with Crippen LogP contribution in [0.1, 0.15) is 15.9 Å². The number of aryl methyl sites for hydroxylation is 1. The molecule has 0 fully saturated rings. The van der Waals surface area contributed by atoms with Crippen LogP contribution in [0, 0.1) is 6.92 Å². The van der Waals surface area contributed by atoms with E-state index in [2.05, 4.69) is 10.2 Å². The Bertz CT molecular complexity index is 489. The van der Waals surface area contributed by atoms with Gasteiger partial charge >= 0.3 is 0 Å². The molecule has 1 aromatic heterocycles. The molecule has 2 aromatic rings. The maximum atomic E-state index is 11.0. The minimum atomic E-state index is -0.421. The lowest BCUT2D eigenvalue weighted by Gasteiger charge is -2.04. The molecule has 76 valence electrons. The maximum absolute atomic E-state index is 11.0. The number of amides is 1. The van der Waals surface area contributed by atoms with Crippen LogP contribution in [0.2, 0.25) is 0 Å². The zero-order valence-corrected chi connectivity index (χ0v) is 8.32. The van der Waals surface area contributed by atoms with Gasteiger partial charge in [0.25, 0.3) is 0 Å². The first-order chi connectivity index (χ1) is 7.18. The molecule has 4 nitrogen and oxygen atoms in total. The van der Waals surface area contributed by atoms with Crippen LogP contribution >= 0.6 is 0 Å². The van der Waals surface area contributed by atoms with Gasteiger partial charge in [-0.25, -0.2) is 0 Å². The van der Waals surface area contributed by atoms with Crippen molar-refractivity contribution in [2.75, 3.05) is 0 Å². The second-order valence-corrected chi connectivity index (χ2v) is 3.36. The van der Waals surface area contributed by atoms with Gasteiger partial charge < -0.3 is 5.73 Å². The first kappa shape index (κ1) is 9.45. The number of benzene rings is 1. The van der Waals surface area contributed by atoms with Crippen molar-refractivity contribution in [3.8, 4) is 11.3 Å². The monoisotopic (exact) mass is 201 g/mol. The van der Waals surface area contributed by atoms with E-state index in [9.17, 15) is 4.79 Å². The number of rotatable bonds is 2. The summed E-state index contributed by atoms with van der Waals surface area (Å²) in [6.45, 7) is 1.97. The molecule has 0 aliphatic heterocycles. The number of nitrogens with one attached hydrogen (secondary N) is 1. The average molecular weight is 201 g/mol. The van der Waals surface area contributed by atoms with Crippen molar-refractivity contribution in [3.05, 3.63) is 41.6 Å². The number of carbonyl (C=O) groups is 1. The smallest absolute Gasteiger partial charge is 0.248 e. The number of primary amides is 1. The van der Waals surface area contributed by atoms with Crippen molar-refractivity contribution >= 4 is 5.91 Å². The summed E-state index contributed by atoms with van der Waals surface area (Å²) in [6.07, 6.45) is 1.67. The summed E-state index contributed by atoms with van der Waals surface area (Å²) in [5, 5.41) is 6.73. The normalized spacial score (nSPS) is 10.2. The third kappa shape index (κ3) is 1.74. The molecule has 0 saturated heterocycles. The lowest BCUT2D eigenvalue weighted by atomic mass is 10.0. The third-order valence-corrected chi connectivity index (χ3v) is 2.31. The Hall–Kier alpha value is -2.10. The van der Waals surface area contributed by atoms with Gasteiger partial charge in [0.1, 0.15) is 0 Å². The Kier molecular flexibility index (Phi) is 2.25. The van der Waals surface area contributed by atoms with Gasteiger partial charge in [-0.15, -0.1) is 0 Å². The van der Waals surface area contributed by atoms with Crippen LogP contribution in [0.15, 0.2) is 30.5 Å². The topological polar surface area (TPSA) is 71.8 Å². The van der Waals surface area contributed by atoms with Crippen LogP contribution in [-0.4, -0.2) is 16.1 Å². The molecule has 0 unspecified atom stereocenters. The fourth-order valence-electron chi connectivity index (χ4n) is 1.47. The first-order valence-corrected chi connectivity index (χ1v) is 4.58. The summed E-state index contributed by atoms with van der Waals surface area (Å²) in [4.78, 5) is 11.0. The van der Waals surface area contributed by atoms with Crippen molar-refractivity contribution in [2.24, 2.45) is 5.73 Å². The van der Waals surface area contributed by atoms with Crippen molar-refractivity contribution in [1.29, 1.82) is 0 Å². The molecule has 4 heteroatoms. The molecule has 1 heterocycles. The molecule has 1 aromatic carbocycles. The molecule has 0 aliphatic carbocycles. The molecular formula is C11H11N3O. The van der Waals surface area contributed by atoms with Crippen LogP contribution < -0.4 is 5.73 Å². The quantitative estimate of drug-likeness (QED) is 0.772. The standard InChI is InChI=1S/C11H11N3O/c1-7-2-3-8(11(12)15)6-9(7)10-4-5-13-14-10/h2-6H,1H3,(H2,12,15)(H,13,14). The second kappa shape index (κ2) is 3.57. The highest BCUT2D eigenvalue weighted by atomic mass is 16.1. The van der Waals surface area contributed by atoms with Gasteiger partial charge in [0.05, 0.1) is 5.69 Å². The van der Waals surface area contributed by atoms with E-state index >= 15 is 0 Å². The van der Waals surface area contributed by atoms with Gasteiger partial charge in [0, 0.05) is 17.3 Å². The summed E-state index contributed by atoms with van der Waals surface area (Å²) in [6, 6.07) is 7.21. The highest BCUT2D eigenvalue weighted by Crippen LogP contribution is 2.22. The Balaban J connectivity index is 2.55. The molecule has 0 atom stereocenters. The van der Waals surface area contributed by atoms with E-state index in [1.807, 2.05) is 19.1 Å². The van der Waals surface area contributed by atoms with Crippen LogP contribution in [0.25, 0.3) is 11.3 Å². The SMILES string of the molecule is Cc1ccc(C(N)=O)cc1-c1ccn[nH]1. The summed E-state index contributed by atoms with van der Waals surface area (Å²) in [5.74, 6) is -0.421. The molecular weight excluding hydrogens is 190 g/mol. The average Bonchev–Trinajstić information content (AvgIpc) is 2.71. The Morgan fingerprint density at radius 3 is 2.80 bits per heavy atom. The van der Waals surface area contributed by atoms with Gasteiger partial charge in [-0.05, 0) is 30.7 Å². The zero-order chi connectivity index (χ0) is 10.8. The lowest BCUT2D eigenvalue weighted by Crippen LogP contribution is -2.10. The molecule has 0 aliphatic rings. The number of nitrogens with two attached hydrogens (primary N) is 1. The third-order valence-electron chi connectivity index (χ3n) is 2.31. The highest BCUT2D eigenvalue weighted by molar-refractivity contribution is 5.94. The lowest BCUT2D eigenvalue weighted by molar-refractivity contribution is 0.100. The van der Waals surface area contributed by atoms with E-state index in [1.54, 1.807) is 18.3 Å². The van der Waals surface area contributed by atoms with Crippen molar-refractivity contribution in [3.63, 3.8) is 0 Å². The van der Waals surface area contributed by atoms with Crippen LogP contribution in [0.3, 0.4) is 0 Å². The van der Waals surface area contributed by atoms with E-state index in [-0.39, 0.29) is 0 Å². The molecule has 0 radical (unpaired) electrons. The number of H-pyrrole nitrogens is 1. The molecule has 2 rings (SSSR count). The molecule has 1 amide bonds. The first-order valence-electron chi connectivity index (χ1n) is 4.58. The zero-order valence-electron chi connectivity index (χ0n) is 8.32. The Morgan fingerprint density at radius 2 is 2.20 bits per heavy atom. The number of aromatic nitrogens is 2. The van der Waals surface area contributed by atoms with Crippen molar-refractivity contribution in [2.45, 2.75) is 6.92 Å². The summed E-state index contributed by atoms with van der Waals surface area (Å²) in [5.41, 5.74) is 8.63. The predicted molar refractivity (Wildman–Crippen MR) is 57.3 cm³/mol. The van der Waals surface area contributed by atoms with Gasteiger partial charge in [-0.1, -0.05) is 6.07 Å². The van der Waals surface area contributed by atoms with Gasteiger partial charge in [-0.3, -0.25) is 9.89 Å². The fraction of sp³-hybridized carbons (Fsp3) is 0.0909. The molecule has 3 N–H and O–H groups in total. The Morgan fingerprint density at radius 1 is 1.40 bits per heavy atom. The van der Waals surface area contributed by atoms with Crippen LogP contribution in [0.4, 0.5) is 0 Å². The number of aromatic amines is 1. The van der Waals surface area contributed by atoms with Crippen molar-refractivity contribution < 1.29 is 4.79 Å². The van der Waals surface area contributed by atoms with E-state index in [0.29, 0.717) is 5.56 Å². The molecule has 0 saturated carbocycles. The minimum absolute atomic E-state index is 0.421. The van der Waals surface area contributed by atoms with Gasteiger partial charge in [0.2, 0.25) is 5.91 Å². The molecule has 0 spiro atoms. The summed E-state index contributed by atoms with van der Waals surface area (Å²) in [7, 11) is 0. The van der Waals surface area contributed by atoms with Crippen molar-refractivity contribution in [1.82, 2.24) is 10.2 Å². The number of carbonyl (C=O) groups excluding carboxylic acids is 1. The fourth-order valence-corrected chi connectivity index (χ4v) is 1.47. The predicted octanol–water partition coefficient (Wildman–Crippen LogP) is 1.48. The van der Waals surface area contributed by atoms with Crippen LogP contribution in [0.5, 0.6) is 0 Å². The second-order valence-electron chi connectivity index (χ2n) is 3.36. The number of nitrogens with zero attached hydrogens (tertiary/aromatic N) is 1. The van der Waals surface area contributed by atoms with E-state index in [4.69, 9.17) is 5.73 Å². The minimum Gasteiger partial charge on any atom is -0.366 e. The van der Waals surface area contributed by atoms with E-state index < -0.39 is 5.91 Å². The van der Waals surface area contributed by atoms with E-state index in [1.165, 1.54) is 0 Å². The van der Waals surface area contributed by atoms with Gasteiger partial charge in [0.15, 0.2) is 0 Å².